The number of carbonyl (C=O) groups is 1. The zero-order valence-corrected chi connectivity index (χ0v) is 17.1. The van der Waals surface area contributed by atoms with Gasteiger partial charge in [-0.05, 0) is 35.7 Å². The lowest BCUT2D eigenvalue weighted by Gasteiger charge is -2.13. The van der Waals surface area contributed by atoms with Crippen LogP contribution in [-0.4, -0.2) is 39.5 Å². The maximum Gasteiger partial charge on any atom is 0.373 e. The van der Waals surface area contributed by atoms with Crippen molar-refractivity contribution in [2.45, 2.75) is 13.0 Å². The summed E-state index contributed by atoms with van der Waals surface area (Å²) >= 11 is 0. The third-order valence-corrected chi connectivity index (χ3v) is 4.89. The van der Waals surface area contributed by atoms with Crippen LogP contribution in [0.4, 0.5) is 0 Å². The van der Waals surface area contributed by atoms with Crippen LogP contribution in [0.15, 0.2) is 42.6 Å². The summed E-state index contributed by atoms with van der Waals surface area (Å²) in [6.07, 6.45) is 1.81. The Labute approximate surface area is 169 Å². The number of pyridine rings is 1. The Morgan fingerprint density at radius 3 is 1.93 bits per heavy atom. The molecule has 1 atom stereocenters. The fourth-order valence-electron chi connectivity index (χ4n) is 3.26. The largest absolute Gasteiger partial charge is 0.493 e. The van der Waals surface area contributed by atoms with Gasteiger partial charge in [-0.1, -0.05) is 0 Å². The van der Waals surface area contributed by atoms with Gasteiger partial charge in [0, 0.05) is 18.4 Å². The van der Waals surface area contributed by atoms with Gasteiger partial charge in [-0.3, -0.25) is 0 Å². The first-order valence-corrected chi connectivity index (χ1v) is 8.99. The van der Waals surface area contributed by atoms with Crippen molar-refractivity contribution in [3.63, 3.8) is 0 Å². The van der Waals surface area contributed by atoms with Gasteiger partial charge in [0.2, 0.25) is 5.69 Å². The van der Waals surface area contributed by atoms with Crippen LogP contribution >= 0.6 is 0 Å². The molecule has 7 nitrogen and oxygen atoms in total. The highest BCUT2D eigenvalue weighted by molar-refractivity contribution is 5.87. The second-order valence-electron chi connectivity index (χ2n) is 6.49. The van der Waals surface area contributed by atoms with E-state index in [1.54, 1.807) is 46.0 Å². The number of nitrogens with zero attached hydrogens (tertiary/aromatic N) is 1. The zero-order chi connectivity index (χ0) is 21.1. The molecule has 3 aromatic rings. The molecule has 0 fully saturated rings. The van der Waals surface area contributed by atoms with Gasteiger partial charge in [-0.25, -0.2) is 4.79 Å². The van der Waals surface area contributed by atoms with Crippen molar-refractivity contribution in [1.29, 1.82) is 0 Å². The quantitative estimate of drug-likeness (QED) is 0.614. The molecule has 2 aromatic carbocycles. The van der Waals surface area contributed by atoms with E-state index in [1.807, 2.05) is 36.5 Å². The molecule has 0 bridgehead atoms. The van der Waals surface area contributed by atoms with E-state index in [1.165, 1.54) is 0 Å². The van der Waals surface area contributed by atoms with Crippen LogP contribution in [0.3, 0.4) is 0 Å². The summed E-state index contributed by atoms with van der Waals surface area (Å²) in [7, 11) is 6.27. The average molecular weight is 398 g/mol. The number of carboxylic acids is 1. The van der Waals surface area contributed by atoms with Gasteiger partial charge in [0.15, 0.2) is 29.2 Å². The Morgan fingerprint density at radius 1 is 0.828 bits per heavy atom. The summed E-state index contributed by atoms with van der Waals surface area (Å²) in [6, 6.07) is 10.3. The van der Waals surface area contributed by atoms with Gasteiger partial charge < -0.3 is 24.1 Å². The van der Waals surface area contributed by atoms with Crippen molar-refractivity contribution in [1.82, 2.24) is 0 Å². The standard InChI is InChI=1S/C22H23NO6/c1-13(22(24)25)23-12-16-11-21(29-5)20(28-4)10-15(16)8-17(23)14-6-7-18(26-2)19(9-14)27-3/h6-13H,1-5H3/p+1. The van der Waals surface area contributed by atoms with Crippen molar-refractivity contribution in [3.05, 3.63) is 42.6 Å². The molecule has 0 saturated heterocycles. The van der Waals surface area contributed by atoms with Crippen molar-refractivity contribution < 1.29 is 33.4 Å². The second-order valence-corrected chi connectivity index (χ2v) is 6.49. The van der Waals surface area contributed by atoms with Crippen LogP contribution in [0.2, 0.25) is 0 Å². The van der Waals surface area contributed by atoms with E-state index in [4.69, 9.17) is 18.9 Å². The number of rotatable bonds is 7. The molecule has 0 amide bonds. The van der Waals surface area contributed by atoms with Gasteiger partial charge in [0.1, 0.15) is 0 Å². The fraction of sp³-hybridized carbons (Fsp3) is 0.273. The van der Waals surface area contributed by atoms with Crippen LogP contribution in [0.25, 0.3) is 22.0 Å². The third-order valence-electron chi connectivity index (χ3n) is 4.89. The Kier molecular flexibility index (Phi) is 5.77. The molecule has 0 radical (unpaired) electrons. The van der Waals surface area contributed by atoms with Gasteiger partial charge in [0.25, 0.3) is 6.04 Å². The van der Waals surface area contributed by atoms with Crippen LogP contribution in [0, 0.1) is 0 Å². The summed E-state index contributed by atoms with van der Waals surface area (Å²) in [5.74, 6) is 1.40. The number of fused-ring (bicyclic) bond motifs is 1. The normalized spacial score (nSPS) is 11.8. The van der Waals surface area contributed by atoms with E-state index in [9.17, 15) is 9.90 Å². The lowest BCUT2D eigenvalue weighted by molar-refractivity contribution is -0.695. The van der Waals surface area contributed by atoms with Crippen molar-refractivity contribution >= 4 is 16.7 Å². The molecule has 1 aromatic heterocycles. The first kappa shape index (κ1) is 20.3. The molecule has 1 heterocycles. The van der Waals surface area contributed by atoms with Crippen LogP contribution in [0.1, 0.15) is 13.0 Å². The zero-order valence-electron chi connectivity index (χ0n) is 17.1. The number of hydrogen-bond acceptors (Lipinski definition) is 5. The summed E-state index contributed by atoms with van der Waals surface area (Å²) in [6.45, 7) is 1.64. The second kappa shape index (κ2) is 8.26. The maximum absolute atomic E-state index is 11.8. The molecule has 0 aliphatic rings. The average Bonchev–Trinajstić information content (AvgIpc) is 2.75. The Balaban J connectivity index is 2.31. The van der Waals surface area contributed by atoms with Gasteiger partial charge >= 0.3 is 5.97 Å². The summed E-state index contributed by atoms with van der Waals surface area (Å²) in [5.41, 5.74) is 1.52. The predicted octanol–water partition coefficient (Wildman–Crippen LogP) is 3.47. The minimum Gasteiger partial charge on any atom is -0.493 e. The molecule has 0 aliphatic carbocycles. The fourth-order valence-corrected chi connectivity index (χ4v) is 3.26. The van der Waals surface area contributed by atoms with Crippen LogP contribution in [-0.2, 0) is 4.79 Å². The molecular weight excluding hydrogens is 374 g/mol. The number of benzene rings is 2. The molecule has 29 heavy (non-hydrogen) atoms. The number of hydrogen-bond donors (Lipinski definition) is 1. The SMILES string of the molecule is COc1ccc(-c2cc3cc(OC)c(OC)cc3c[n+]2C(C)C(=O)O)cc1OC. The summed E-state index contributed by atoms with van der Waals surface area (Å²) in [5, 5.41) is 11.4. The Hall–Kier alpha value is -3.48. The number of carboxylic acid groups (broad SMARTS) is 1. The molecule has 0 saturated carbocycles. The minimum atomic E-state index is -0.934. The molecule has 152 valence electrons. The molecule has 0 spiro atoms. The highest BCUT2D eigenvalue weighted by Gasteiger charge is 2.27. The van der Waals surface area contributed by atoms with E-state index in [-0.39, 0.29) is 0 Å². The Morgan fingerprint density at radius 2 is 1.38 bits per heavy atom. The minimum absolute atomic E-state index is 0.562. The molecule has 1 N–H and O–H groups in total. The first-order chi connectivity index (χ1) is 13.9. The number of aromatic nitrogens is 1. The summed E-state index contributed by atoms with van der Waals surface area (Å²) < 4.78 is 23.2. The maximum atomic E-state index is 11.8. The van der Waals surface area contributed by atoms with Crippen LogP contribution < -0.4 is 23.5 Å². The summed E-state index contributed by atoms with van der Waals surface area (Å²) in [4.78, 5) is 11.8. The smallest absolute Gasteiger partial charge is 0.373 e. The van der Waals surface area contributed by atoms with Crippen molar-refractivity contribution in [2.75, 3.05) is 28.4 Å². The van der Waals surface area contributed by atoms with Gasteiger partial charge in [0.05, 0.1) is 34.0 Å². The number of aliphatic carboxylic acids is 1. The van der Waals surface area contributed by atoms with Crippen molar-refractivity contribution in [2.24, 2.45) is 0 Å². The first-order valence-electron chi connectivity index (χ1n) is 8.99. The highest BCUT2D eigenvalue weighted by Crippen LogP contribution is 2.35. The monoisotopic (exact) mass is 398 g/mol. The van der Waals surface area contributed by atoms with Crippen molar-refractivity contribution in [3.8, 4) is 34.3 Å². The lowest BCUT2D eigenvalue weighted by Crippen LogP contribution is -2.44. The number of ether oxygens (including phenoxy) is 4. The van der Waals surface area contributed by atoms with Crippen LogP contribution in [0.5, 0.6) is 23.0 Å². The van der Waals surface area contributed by atoms with E-state index < -0.39 is 12.0 Å². The van der Waals surface area contributed by atoms with E-state index >= 15 is 0 Å². The van der Waals surface area contributed by atoms with E-state index in [0.29, 0.717) is 23.0 Å². The van der Waals surface area contributed by atoms with Gasteiger partial charge in [-0.15, -0.1) is 0 Å². The lowest BCUT2D eigenvalue weighted by atomic mass is 10.0. The van der Waals surface area contributed by atoms with Gasteiger partial charge in [-0.2, -0.15) is 4.57 Å². The van der Waals surface area contributed by atoms with E-state index in [2.05, 4.69) is 0 Å². The highest BCUT2D eigenvalue weighted by atomic mass is 16.5. The molecule has 7 heteroatoms. The predicted molar refractivity (Wildman–Crippen MR) is 108 cm³/mol. The molecule has 3 rings (SSSR count). The topological polar surface area (TPSA) is 78.1 Å². The Bertz CT molecular complexity index is 1060. The molecule has 0 aliphatic heterocycles. The molecular formula is C22H24NO6+. The number of methoxy groups -OCH3 is 4. The molecule has 1 unspecified atom stereocenters. The third kappa shape index (κ3) is 3.76. The van der Waals surface area contributed by atoms with E-state index in [0.717, 1.165) is 22.0 Å².